The minimum absolute atomic E-state index is 0.000758. The summed E-state index contributed by atoms with van der Waals surface area (Å²) in [7, 11) is 0. The molecule has 0 fully saturated rings. The Morgan fingerprint density at radius 2 is 0.872 bits per heavy atom. The smallest absolute Gasteiger partial charge is 0.252 e. The predicted octanol–water partition coefficient (Wildman–Crippen LogP) is 18.5. The number of nitrogens with zero attached hydrogens (tertiary/aromatic N) is 3. The highest BCUT2D eigenvalue weighted by molar-refractivity contribution is 7.00. The SMILES string of the molecule is Cc1cc2c(cc1N1c3ccc(-c4ccccc4)cc3B3c4cc5c(cc4N(c4ccc(C(C)(C)C)cc4-c4ccccc4)c4cc(N(c6ccccc6)c6ccccc6)cc1c43)C(C)(C)CCC5(C)C)C(C)(C)CC2(C)C. The third kappa shape index (κ3) is 7.99. The van der Waals surface area contributed by atoms with Crippen molar-refractivity contribution in [2.45, 2.75) is 129 Å². The molecule has 0 radical (unpaired) electrons. The Bertz CT molecular complexity index is 3790. The summed E-state index contributed by atoms with van der Waals surface area (Å²) < 4.78 is 0. The summed E-state index contributed by atoms with van der Waals surface area (Å²) in [6.07, 6.45) is 3.37. The third-order valence-corrected chi connectivity index (χ3v) is 18.5. The first-order valence-corrected chi connectivity index (χ1v) is 28.6. The van der Waals surface area contributed by atoms with Gasteiger partial charge in [-0.05, 0) is 186 Å². The molecule has 78 heavy (non-hydrogen) atoms. The maximum Gasteiger partial charge on any atom is 0.252 e. The van der Waals surface area contributed by atoms with E-state index in [1.54, 1.807) is 0 Å². The third-order valence-electron chi connectivity index (χ3n) is 18.5. The van der Waals surface area contributed by atoms with Gasteiger partial charge in [-0.2, -0.15) is 0 Å². The largest absolute Gasteiger partial charge is 0.311 e. The Balaban J connectivity index is 1.22. The monoisotopic (exact) mass is 1020 g/mol. The lowest BCUT2D eigenvalue weighted by atomic mass is 9.33. The number of fused-ring (bicyclic) bond motifs is 6. The van der Waals surface area contributed by atoms with Crippen LogP contribution in [0, 0.1) is 6.92 Å². The van der Waals surface area contributed by atoms with Gasteiger partial charge in [0.25, 0.3) is 6.71 Å². The number of hydrogen-bond donors (Lipinski definition) is 0. The molecule has 4 heteroatoms. The molecule has 2 aliphatic carbocycles. The zero-order valence-electron chi connectivity index (χ0n) is 48.0. The van der Waals surface area contributed by atoms with E-state index in [0.717, 1.165) is 36.3 Å². The van der Waals surface area contributed by atoms with Gasteiger partial charge in [0.1, 0.15) is 0 Å². The average molecular weight is 1020 g/mol. The van der Waals surface area contributed by atoms with Gasteiger partial charge in [-0.3, -0.25) is 0 Å². The van der Waals surface area contributed by atoms with Crippen molar-refractivity contribution in [1.29, 1.82) is 0 Å². The second-order valence-electron chi connectivity index (χ2n) is 26.8. The first kappa shape index (κ1) is 50.0. The summed E-state index contributed by atoms with van der Waals surface area (Å²) in [6.45, 7) is 29.0. The molecule has 0 unspecified atom stereocenters. The van der Waals surface area contributed by atoms with Crippen LogP contribution in [0.15, 0.2) is 194 Å². The molecule has 0 saturated carbocycles. The fourth-order valence-corrected chi connectivity index (χ4v) is 14.5. The molecule has 2 aliphatic heterocycles. The zero-order chi connectivity index (χ0) is 54.3. The second-order valence-corrected chi connectivity index (χ2v) is 26.8. The zero-order valence-corrected chi connectivity index (χ0v) is 48.0. The van der Waals surface area contributed by atoms with Crippen molar-refractivity contribution in [3.05, 3.63) is 228 Å². The molecular formula is C74H74BN3. The van der Waals surface area contributed by atoms with Crippen LogP contribution in [0.25, 0.3) is 22.3 Å². The predicted molar refractivity (Wildman–Crippen MR) is 335 cm³/mol. The van der Waals surface area contributed by atoms with Crippen LogP contribution < -0.4 is 31.1 Å². The van der Waals surface area contributed by atoms with Gasteiger partial charge in [-0.15, -0.1) is 0 Å². The van der Waals surface area contributed by atoms with Crippen molar-refractivity contribution in [1.82, 2.24) is 0 Å². The molecule has 0 aromatic heterocycles. The molecule has 0 N–H and O–H groups in total. The molecular weight excluding hydrogens is 942 g/mol. The van der Waals surface area contributed by atoms with E-state index in [0.29, 0.717) is 0 Å². The number of hydrogen-bond acceptors (Lipinski definition) is 3. The van der Waals surface area contributed by atoms with Crippen molar-refractivity contribution in [3.63, 3.8) is 0 Å². The van der Waals surface area contributed by atoms with E-state index in [9.17, 15) is 0 Å². The summed E-state index contributed by atoms with van der Waals surface area (Å²) in [4.78, 5) is 7.87. The van der Waals surface area contributed by atoms with Gasteiger partial charge in [-0.1, -0.05) is 204 Å². The van der Waals surface area contributed by atoms with Crippen LogP contribution in [0.3, 0.4) is 0 Å². The molecule has 2 heterocycles. The minimum atomic E-state index is -0.0858. The average Bonchev–Trinajstić information content (AvgIpc) is 3.40. The summed E-state index contributed by atoms with van der Waals surface area (Å²) >= 11 is 0. The van der Waals surface area contributed by atoms with Crippen LogP contribution in [0.1, 0.15) is 129 Å². The number of anilines is 9. The van der Waals surface area contributed by atoms with Crippen molar-refractivity contribution >= 4 is 74.3 Å². The van der Waals surface area contributed by atoms with E-state index in [1.807, 2.05) is 0 Å². The van der Waals surface area contributed by atoms with E-state index in [1.165, 1.54) is 106 Å². The number of benzene rings is 9. The summed E-state index contributed by atoms with van der Waals surface area (Å²) in [5.41, 5.74) is 28.0. The van der Waals surface area contributed by atoms with Gasteiger partial charge in [0.05, 0.1) is 11.4 Å². The van der Waals surface area contributed by atoms with Crippen LogP contribution in [0.4, 0.5) is 51.2 Å². The Morgan fingerprint density at radius 3 is 1.45 bits per heavy atom. The van der Waals surface area contributed by atoms with Crippen molar-refractivity contribution in [3.8, 4) is 22.3 Å². The van der Waals surface area contributed by atoms with Gasteiger partial charge < -0.3 is 14.7 Å². The highest BCUT2D eigenvalue weighted by atomic mass is 15.2. The first-order chi connectivity index (χ1) is 37.2. The topological polar surface area (TPSA) is 9.72 Å². The number of aryl methyl sites for hydroxylation is 1. The van der Waals surface area contributed by atoms with E-state index < -0.39 is 0 Å². The van der Waals surface area contributed by atoms with Gasteiger partial charge in [0.2, 0.25) is 0 Å². The quantitative estimate of drug-likeness (QED) is 0.147. The fourth-order valence-electron chi connectivity index (χ4n) is 14.5. The van der Waals surface area contributed by atoms with Crippen molar-refractivity contribution in [2.75, 3.05) is 14.7 Å². The van der Waals surface area contributed by atoms with Gasteiger partial charge in [-0.25, -0.2) is 0 Å². The number of rotatable bonds is 7. The van der Waals surface area contributed by atoms with Gasteiger partial charge in [0.15, 0.2) is 0 Å². The van der Waals surface area contributed by atoms with E-state index in [4.69, 9.17) is 0 Å². The lowest BCUT2D eigenvalue weighted by Crippen LogP contribution is -2.62. The standard InChI is InChI=1S/C74H74BN3/c1-48-39-57-60(74(11,12)47-73(57,9)10)45-65(48)78-64-35-33-51(49-25-17-13-18-26-49)40-61(64)75-62-44-58-59(72(7,8)38-37-71(58,5)6)46-66(62)77(63-36-34-52(70(2,3)4)41-56(63)50-27-19-14-20-28-50)67-42-55(43-68(78)69(67)75)76(53-29-21-15-22-30-53)54-31-23-16-24-32-54/h13-36,39-46H,37-38,47H2,1-12H3. The molecule has 13 rings (SSSR count). The summed E-state index contributed by atoms with van der Waals surface area (Å²) in [5.74, 6) is 0. The molecule has 3 nitrogen and oxygen atoms in total. The maximum absolute atomic E-state index is 2.71. The van der Waals surface area contributed by atoms with Crippen LogP contribution in [0.2, 0.25) is 0 Å². The molecule has 0 atom stereocenters. The molecule has 4 aliphatic rings. The van der Waals surface area contributed by atoms with Crippen LogP contribution in [0.5, 0.6) is 0 Å². The minimum Gasteiger partial charge on any atom is -0.311 e. The number of para-hydroxylation sites is 2. The Morgan fingerprint density at radius 1 is 0.397 bits per heavy atom. The fraction of sp³-hybridized carbons (Fsp3) is 0.270. The highest BCUT2D eigenvalue weighted by Crippen LogP contribution is 2.56. The van der Waals surface area contributed by atoms with E-state index in [2.05, 4.69) is 292 Å². The molecule has 0 saturated heterocycles. The molecule has 0 bridgehead atoms. The molecule has 9 aromatic rings. The van der Waals surface area contributed by atoms with Gasteiger partial charge >= 0.3 is 0 Å². The molecule has 9 aromatic carbocycles. The Hall–Kier alpha value is -7.56. The van der Waals surface area contributed by atoms with Crippen molar-refractivity contribution in [2.24, 2.45) is 0 Å². The molecule has 0 amide bonds. The van der Waals surface area contributed by atoms with Crippen LogP contribution in [-0.4, -0.2) is 6.71 Å². The van der Waals surface area contributed by atoms with Crippen molar-refractivity contribution < 1.29 is 0 Å². The highest BCUT2D eigenvalue weighted by Gasteiger charge is 2.49. The summed E-state index contributed by atoms with van der Waals surface area (Å²) in [5, 5.41) is 0. The van der Waals surface area contributed by atoms with E-state index in [-0.39, 0.29) is 33.8 Å². The van der Waals surface area contributed by atoms with E-state index >= 15 is 0 Å². The van der Waals surface area contributed by atoms with Gasteiger partial charge in [0, 0.05) is 45.4 Å². The maximum atomic E-state index is 2.71. The first-order valence-electron chi connectivity index (χ1n) is 28.6. The van der Waals surface area contributed by atoms with Crippen LogP contribution >= 0.6 is 0 Å². The second kappa shape index (κ2) is 17.7. The lowest BCUT2D eigenvalue weighted by Gasteiger charge is -2.48. The Labute approximate surface area is 465 Å². The molecule has 0 spiro atoms. The summed E-state index contributed by atoms with van der Waals surface area (Å²) in [6, 6.07) is 74.5. The molecule has 388 valence electrons. The van der Waals surface area contributed by atoms with Crippen LogP contribution in [-0.2, 0) is 27.1 Å². The Kier molecular flexibility index (Phi) is 11.4. The normalized spacial score (nSPS) is 16.9. The lowest BCUT2D eigenvalue weighted by molar-refractivity contribution is 0.332.